The fourth-order valence-corrected chi connectivity index (χ4v) is 4.40. The fourth-order valence-electron chi connectivity index (χ4n) is 4.40. The van der Waals surface area contributed by atoms with Gasteiger partial charge in [-0.05, 0) is 52.0 Å². The Hall–Kier alpha value is -2.48. The van der Waals surface area contributed by atoms with Crippen molar-refractivity contribution >= 4 is 27.3 Å². The molecule has 1 N–H and O–H groups in total. The van der Waals surface area contributed by atoms with Crippen LogP contribution in [-0.4, -0.2) is 81.3 Å². The van der Waals surface area contributed by atoms with Gasteiger partial charge in [0.2, 0.25) is 0 Å². The molecule has 0 aromatic heterocycles. The second kappa shape index (κ2) is 18.7. The van der Waals surface area contributed by atoms with Crippen LogP contribution in [0, 0.1) is 0 Å². The topological polar surface area (TPSA) is 40.2 Å². The maximum absolute atomic E-state index is 5.90. The SMILES string of the molecule is C=CCBr.C=CCN1CCN(c2ccccc2OC(C)C)CC1.CC(C)Oc1ccccc1N1CCNCC1. The third-order valence-electron chi connectivity index (χ3n) is 6.12. The summed E-state index contributed by atoms with van der Waals surface area (Å²) in [6.07, 6.45) is 4.21. The van der Waals surface area contributed by atoms with Crippen molar-refractivity contribution in [2.75, 3.05) is 74.0 Å². The lowest BCUT2D eigenvalue weighted by atomic mass is 10.2. The van der Waals surface area contributed by atoms with Crippen LogP contribution in [0.15, 0.2) is 73.8 Å². The highest BCUT2D eigenvalue weighted by molar-refractivity contribution is 9.09. The van der Waals surface area contributed by atoms with E-state index in [1.54, 1.807) is 6.08 Å². The predicted octanol–water partition coefficient (Wildman–Crippen LogP) is 6.23. The molecule has 216 valence electrons. The van der Waals surface area contributed by atoms with Gasteiger partial charge in [-0.1, -0.05) is 52.3 Å². The van der Waals surface area contributed by atoms with Gasteiger partial charge >= 0.3 is 0 Å². The zero-order valence-corrected chi connectivity index (χ0v) is 26.0. The third kappa shape index (κ3) is 12.1. The molecular formula is C32H49BrN4O2. The molecule has 2 aromatic rings. The first kappa shape index (κ1) is 32.7. The van der Waals surface area contributed by atoms with Gasteiger partial charge in [-0.25, -0.2) is 0 Å². The van der Waals surface area contributed by atoms with Gasteiger partial charge in [-0.3, -0.25) is 4.90 Å². The summed E-state index contributed by atoms with van der Waals surface area (Å²) in [5.41, 5.74) is 2.44. The number of nitrogens with zero attached hydrogens (tertiary/aromatic N) is 3. The average molecular weight is 602 g/mol. The lowest BCUT2D eigenvalue weighted by molar-refractivity contribution is 0.240. The van der Waals surface area contributed by atoms with Gasteiger partial charge < -0.3 is 24.6 Å². The number of anilines is 2. The molecule has 39 heavy (non-hydrogen) atoms. The molecule has 0 saturated carbocycles. The van der Waals surface area contributed by atoms with Crippen LogP contribution >= 0.6 is 15.9 Å². The Morgan fingerprint density at radius 2 is 1.18 bits per heavy atom. The van der Waals surface area contributed by atoms with E-state index in [-0.39, 0.29) is 12.2 Å². The van der Waals surface area contributed by atoms with Crippen LogP contribution < -0.4 is 24.6 Å². The van der Waals surface area contributed by atoms with Crippen molar-refractivity contribution in [2.45, 2.75) is 39.9 Å². The molecule has 0 bridgehead atoms. The molecule has 0 amide bonds. The van der Waals surface area contributed by atoms with Crippen molar-refractivity contribution in [3.63, 3.8) is 0 Å². The molecule has 0 atom stereocenters. The molecule has 0 unspecified atom stereocenters. The first-order chi connectivity index (χ1) is 18.9. The normalized spacial score (nSPS) is 15.6. The lowest BCUT2D eigenvalue weighted by Gasteiger charge is -2.36. The minimum Gasteiger partial charge on any atom is -0.489 e. The number of para-hydroxylation sites is 4. The maximum atomic E-state index is 5.90. The van der Waals surface area contributed by atoms with E-state index in [9.17, 15) is 0 Å². The molecule has 2 aliphatic rings. The number of allylic oxidation sites excluding steroid dienone is 1. The van der Waals surface area contributed by atoms with E-state index in [4.69, 9.17) is 9.47 Å². The molecule has 2 heterocycles. The molecule has 2 aromatic carbocycles. The minimum atomic E-state index is 0.211. The first-order valence-corrected chi connectivity index (χ1v) is 15.2. The summed E-state index contributed by atoms with van der Waals surface area (Å²) in [7, 11) is 0. The summed E-state index contributed by atoms with van der Waals surface area (Å²) in [4.78, 5) is 7.22. The molecule has 0 aliphatic carbocycles. The molecule has 4 rings (SSSR count). The number of hydrogen-bond acceptors (Lipinski definition) is 6. The molecule has 2 fully saturated rings. The number of alkyl halides is 1. The predicted molar refractivity (Wildman–Crippen MR) is 172 cm³/mol. The quantitative estimate of drug-likeness (QED) is 0.272. The molecule has 0 radical (unpaired) electrons. The van der Waals surface area contributed by atoms with Gasteiger partial charge in [-0.15, -0.1) is 13.2 Å². The van der Waals surface area contributed by atoms with Gasteiger partial charge in [0.15, 0.2) is 0 Å². The van der Waals surface area contributed by atoms with Crippen LogP contribution in [-0.2, 0) is 0 Å². The molecular weight excluding hydrogens is 552 g/mol. The lowest BCUT2D eigenvalue weighted by Crippen LogP contribution is -2.46. The fraction of sp³-hybridized carbons (Fsp3) is 0.500. The van der Waals surface area contributed by atoms with E-state index in [2.05, 4.69) is 113 Å². The second-order valence-electron chi connectivity index (χ2n) is 10.0. The summed E-state index contributed by atoms with van der Waals surface area (Å²) in [6, 6.07) is 16.6. The molecule has 0 spiro atoms. The molecule has 6 nitrogen and oxygen atoms in total. The highest BCUT2D eigenvalue weighted by Crippen LogP contribution is 2.30. The van der Waals surface area contributed by atoms with Gasteiger partial charge in [0.25, 0.3) is 0 Å². The van der Waals surface area contributed by atoms with E-state index in [1.807, 2.05) is 18.2 Å². The smallest absolute Gasteiger partial charge is 0.142 e. The summed E-state index contributed by atoms with van der Waals surface area (Å²) >= 11 is 3.13. The van der Waals surface area contributed by atoms with Gasteiger partial charge in [0.05, 0.1) is 23.6 Å². The second-order valence-corrected chi connectivity index (χ2v) is 10.7. The molecule has 2 saturated heterocycles. The Labute approximate surface area is 245 Å². The van der Waals surface area contributed by atoms with Crippen LogP contribution in [0.3, 0.4) is 0 Å². The van der Waals surface area contributed by atoms with Gasteiger partial charge in [0, 0.05) is 64.2 Å². The molecule has 2 aliphatic heterocycles. The van der Waals surface area contributed by atoms with Gasteiger partial charge in [0.1, 0.15) is 11.5 Å². The summed E-state index contributed by atoms with van der Waals surface area (Å²) < 4.78 is 11.7. The Kier molecular flexibility index (Phi) is 15.7. The Morgan fingerprint density at radius 1 is 0.744 bits per heavy atom. The average Bonchev–Trinajstić information content (AvgIpc) is 2.95. The number of hydrogen-bond donors (Lipinski definition) is 1. The number of nitrogens with one attached hydrogen (secondary N) is 1. The number of halogens is 1. The van der Waals surface area contributed by atoms with E-state index in [0.717, 1.165) is 75.7 Å². The standard InChI is InChI=1S/C16H24N2O.C13H20N2O.C3H5Br/c1-4-9-17-10-12-18(13-11-17)15-7-5-6-8-16(15)19-14(2)3;1-11(2)16-13-6-4-3-5-12(13)15-9-7-14-8-10-15;1-2-3-4/h4-8,14H,1,9-13H2,2-3H3;3-6,11,14H,7-10H2,1-2H3;2H,1,3H2. The zero-order valence-electron chi connectivity index (χ0n) is 24.4. The Bertz CT molecular complexity index is 955. The van der Waals surface area contributed by atoms with Crippen LogP contribution in [0.5, 0.6) is 11.5 Å². The van der Waals surface area contributed by atoms with Crippen LogP contribution in [0.4, 0.5) is 11.4 Å². The van der Waals surface area contributed by atoms with Crippen LogP contribution in [0.1, 0.15) is 27.7 Å². The monoisotopic (exact) mass is 600 g/mol. The number of piperazine rings is 2. The van der Waals surface area contributed by atoms with E-state index in [0.29, 0.717) is 0 Å². The largest absolute Gasteiger partial charge is 0.489 e. The van der Waals surface area contributed by atoms with Crippen molar-refractivity contribution in [2.24, 2.45) is 0 Å². The highest BCUT2D eigenvalue weighted by atomic mass is 79.9. The Morgan fingerprint density at radius 3 is 1.59 bits per heavy atom. The van der Waals surface area contributed by atoms with Gasteiger partial charge in [-0.2, -0.15) is 0 Å². The van der Waals surface area contributed by atoms with Crippen LogP contribution in [0.2, 0.25) is 0 Å². The number of benzene rings is 2. The highest BCUT2D eigenvalue weighted by Gasteiger charge is 2.19. The van der Waals surface area contributed by atoms with Crippen LogP contribution in [0.25, 0.3) is 0 Å². The van der Waals surface area contributed by atoms with E-state index < -0.39 is 0 Å². The van der Waals surface area contributed by atoms with E-state index in [1.165, 1.54) is 11.4 Å². The Balaban J connectivity index is 0.000000243. The van der Waals surface area contributed by atoms with Crippen molar-refractivity contribution in [1.29, 1.82) is 0 Å². The third-order valence-corrected chi connectivity index (χ3v) is 6.58. The summed E-state index contributed by atoms with van der Waals surface area (Å²) in [6.45, 7) is 25.0. The van der Waals surface area contributed by atoms with Crippen molar-refractivity contribution < 1.29 is 9.47 Å². The zero-order chi connectivity index (χ0) is 28.5. The number of ether oxygens (including phenoxy) is 2. The molecule has 7 heteroatoms. The summed E-state index contributed by atoms with van der Waals surface area (Å²) in [5.74, 6) is 1.99. The summed E-state index contributed by atoms with van der Waals surface area (Å²) in [5, 5.41) is 4.26. The minimum absolute atomic E-state index is 0.211. The number of rotatable bonds is 9. The first-order valence-electron chi connectivity index (χ1n) is 14.1. The maximum Gasteiger partial charge on any atom is 0.142 e. The van der Waals surface area contributed by atoms with Crippen molar-refractivity contribution in [1.82, 2.24) is 10.2 Å². The van der Waals surface area contributed by atoms with Crippen molar-refractivity contribution in [3.8, 4) is 11.5 Å². The van der Waals surface area contributed by atoms with Crippen molar-refractivity contribution in [3.05, 3.63) is 73.8 Å². The van der Waals surface area contributed by atoms with E-state index >= 15 is 0 Å².